The SMILES string of the molecule is CCc1cnc(N2CC[C@@H](O)[C@]3(CCCN(C(=O)C4(C)CC4)C3)C2)nc1. The summed E-state index contributed by atoms with van der Waals surface area (Å²) in [6.45, 7) is 7.14. The summed E-state index contributed by atoms with van der Waals surface area (Å²) >= 11 is 0. The van der Waals surface area contributed by atoms with Crippen LogP contribution in [0.5, 0.6) is 0 Å². The van der Waals surface area contributed by atoms with Crippen molar-refractivity contribution in [2.45, 2.75) is 58.5 Å². The lowest BCUT2D eigenvalue weighted by Gasteiger charge is -2.51. The third-order valence-corrected chi connectivity index (χ3v) is 6.68. The normalized spacial score (nSPS) is 30.5. The lowest BCUT2D eigenvalue weighted by atomic mass is 9.71. The van der Waals surface area contributed by atoms with E-state index < -0.39 is 0 Å². The van der Waals surface area contributed by atoms with Gasteiger partial charge in [-0.25, -0.2) is 9.97 Å². The zero-order valence-corrected chi connectivity index (χ0v) is 15.9. The lowest BCUT2D eigenvalue weighted by Crippen LogP contribution is -2.60. The summed E-state index contributed by atoms with van der Waals surface area (Å²) in [5, 5.41) is 10.8. The van der Waals surface area contributed by atoms with E-state index in [1.807, 2.05) is 17.3 Å². The number of anilines is 1. The minimum atomic E-state index is -0.365. The molecule has 0 radical (unpaired) electrons. The largest absolute Gasteiger partial charge is 0.392 e. The molecule has 1 aliphatic carbocycles. The number of rotatable bonds is 3. The van der Waals surface area contributed by atoms with Crippen molar-refractivity contribution >= 4 is 11.9 Å². The van der Waals surface area contributed by atoms with Crippen molar-refractivity contribution in [1.29, 1.82) is 0 Å². The number of aromatic nitrogens is 2. The fourth-order valence-electron chi connectivity index (χ4n) is 4.53. The first-order chi connectivity index (χ1) is 12.5. The molecule has 1 aromatic rings. The molecule has 0 unspecified atom stereocenters. The summed E-state index contributed by atoms with van der Waals surface area (Å²) in [4.78, 5) is 26.1. The van der Waals surface area contributed by atoms with Gasteiger partial charge in [-0.1, -0.05) is 13.8 Å². The molecule has 3 heterocycles. The Morgan fingerprint density at radius 1 is 1.23 bits per heavy atom. The van der Waals surface area contributed by atoms with E-state index in [1.165, 1.54) is 0 Å². The Morgan fingerprint density at radius 3 is 2.62 bits per heavy atom. The van der Waals surface area contributed by atoms with Gasteiger partial charge in [-0.15, -0.1) is 0 Å². The van der Waals surface area contributed by atoms with Crippen LogP contribution in [0.25, 0.3) is 0 Å². The molecule has 0 aromatic carbocycles. The second-order valence-corrected chi connectivity index (χ2v) is 8.72. The lowest BCUT2D eigenvalue weighted by molar-refractivity contribution is -0.143. The first kappa shape index (κ1) is 17.7. The average Bonchev–Trinajstić information content (AvgIpc) is 3.42. The summed E-state index contributed by atoms with van der Waals surface area (Å²) in [5.74, 6) is 1.02. The van der Waals surface area contributed by atoms with Gasteiger partial charge in [-0.2, -0.15) is 0 Å². The van der Waals surface area contributed by atoms with Crippen LogP contribution >= 0.6 is 0 Å². The van der Waals surface area contributed by atoms with Gasteiger partial charge in [0.15, 0.2) is 0 Å². The smallest absolute Gasteiger partial charge is 0.228 e. The Morgan fingerprint density at radius 2 is 1.96 bits per heavy atom. The van der Waals surface area contributed by atoms with Gasteiger partial charge in [-0.05, 0) is 44.1 Å². The van der Waals surface area contributed by atoms with Crippen LogP contribution in [0.15, 0.2) is 12.4 Å². The molecule has 2 atom stereocenters. The number of carbonyl (C=O) groups excluding carboxylic acids is 1. The highest BCUT2D eigenvalue weighted by atomic mass is 16.3. The van der Waals surface area contributed by atoms with E-state index >= 15 is 0 Å². The van der Waals surface area contributed by atoms with Crippen molar-refractivity contribution in [1.82, 2.24) is 14.9 Å². The van der Waals surface area contributed by atoms with E-state index in [-0.39, 0.29) is 22.8 Å². The summed E-state index contributed by atoms with van der Waals surface area (Å²) < 4.78 is 0. The fraction of sp³-hybridized carbons (Fsp3) is 0.750. The molecular formula is C20H30N4O2. The number of aliphatic hydroxyl groups excluding tert-OH is 1. The van der Waals surface area contributed by atoms with Gasteiger partial charge >= 0.3 is 0 Å². The Balaban J connectivity index is 1.52. The number of amides is 1. The van der Waals surface area contributed by atoms with Crippen LogP contribution in [0.3, 0.4) is 0 Å². The van der Waals surface area contributed by atoms with Gasteiger partial charge < -0.3 is 14.9 Å². The topological polar surface area (TPSA) is 69.6 Å². The highest BCUT2D eigenvalue weighted by Gasteiger charge is 2.52. The third kappa shape index (κ3) is 3.08. The molecule has 2 saturated heterocycles. The minimum Gasteiger partial charge on any atom is -0.392 e. The number of likely N-dealkylation sites (tertiary alicyclic amines) is 1. The first-order valence-corrected chi connectivity index (χ1v) is 9.99. The molecule has 3 fully saturated rings. The molecule has 142 valence electrons. The maximum Gasteiger partial charge on any atom is 0.228 e. The van der Waals surface area contributed by atoms with E-state index in [9.17, 15) is 9.90 Å². The highest BCUT2D eigenvalue weighted by Crippen LogP contribution is 2.48. The number of carbonyl (C=O) groups is 1. The zero-order valence-electron chi connectivity index (χ0n) is 15.9. The van der Waals surface area contributed by atoms with Crippen molar-refractivity contribution in [2.24, 2.45) is 10.8 Å². The molecule has 1 amide bonds. The predicted octanol–water partition coefficient (Wildman–Crippen LogP) is 2.02. The molecule has 2 aliphatic heterocycles. The molecule has 1 N–H and O–H groups in total. The Kier molecular flexibility index (Phi) is 4.41. The second-order valence-electron chi connectivity index (χ2n) is 8.72. The Labute approximate surface area is 155 Å². The van der Waals surface area contributed by atoms with Gasteiger partial charge in [0, 0.05) is 49.4 Å². The van der Waals surface area contributed by atoms with Crippen molar-refractivity contribution in [3.8, 4) is 0 Å². The molecule has 6 heteroatoms. The molecule has 1 spiro atoms. The number of hydrogen-bond donors (Lipinski definition) is 1. The van der Waals surface area contributed by atoms with Crippen LogP contribution in [-0.2, 0) is 11.2 Å². The summed E-state index contributed by atoms with van der Waals surface area (Å²) in [6.07, 6.45) is 8.98. The van der Waals surface area contributed by atoms with Crippen molar-refractivity contribution in [3.63, 3.8) is 0 Å². The third-order valence-electron chi connectivity index (χ3n) is 6.68. The first-order valence-electron chi connectivity index (χ1n) is 9.99. The van der Waals surface area contributed by atoms with E-state index in [0.717, 1.165) is 63.3 Å². The van der Waals surface area contributed by atoms with Gasteiger partial charge in [0.2, 0.25) is 11.9 Å². The second kappa shape index (κ2) is 6.48. The highest BCUT2D eigenvalue weighted by molar-refractivity contribution is 5.85. The summed E-state index contributed by atoms with van der Waals surface area (Å²) in [5.41, 5.74) is 0.730. The molecule has 26 heavy (non-hydrogen) atoms. The molecule has 1 saturated carbocycles. The monoisotopic (exact) mass is 358 g/mol. The Hall–Kier alpha value is -1.69. The van der Waals surface area contributed by atoms with Crippen LogP contribution in [-0.4, -0.2) is 58.2 Å². The number of hydrogen-bond acceptors (Lipinski definition) is 5. The van der Waals surface area contributed by atoms with Crippen LogP contribution in [0.2, 0.25) is 0 Å². The van der Waals surface area contributed by atoms with Crippen molar-refractivity contribution in [3.05, 3.63) is 18.0 Å². The van der Waals surface area contributed by atoms with Crippen LogP contribution in [0.4, 0.5) is 5.95 Å². The minimum absolute atomic E-state index is 0.142. The van der Waals surface area contributed by atoms with Crippen molar-refractivity contribution < 1.29 is 9.90 Å². The predicted molar refractivity (Wildman–Crippen MR) is 99.8 cm³/mol. The van der Waals surface area contributed by atoms with E-state index in [2.05, 4.69) is 28.7 Å². The standard InChI is InChI=1S/C20H30N4O2/c1-3-15-11-21-18(22-12-15)24-10-5-16(25)20(14-24)6-4-9-23(13-20)17(26)19(2)7-8-19/h11-12,16,25H,3-10,13-14H2,1-2H3/t16-,20+/m1/s1. The molecule has 4 rings (SSSR count). The van der Waals surface area contributed by atoms with Crippen molar-refractivity contribution in [2.75, 3.05) is 31.1 Å². The average molecular weight is 358 g/mol. The Bertz CT molecular complexity index is 673. The summed E-state index contributed by atoms with van der Waals surface area (Å²) in [6, 6.07) is 0. The molecule has 3 aliphatic rings. The van der Waals surface area contributed by atoms with Crippen LogP contribution in [0, 0.1) is 10.8 Å². The molecular weight excluding hydrogens is 328 g/mol. The van der Waals surface area contributed by atoms with Gasteiger partial charge in [-0.3, -0.25) is 4.79 Å². The summed E-state index contributed by atoms with van der Waals surface area (Å²) in [7, 11) is 0. The van der Waals surface area contributed by atoms with Crippen LogP contribution < -0.4 is 4.90 Å². The number of aryl methyl sites for hydroxylation is 1. The van der Waals surface area contributed by atoms with Gasteiger partial charge in [0.25, 0.3) is 0 Å². The van der Waals surface area contributed by atoms with Crippen LogP contribution in [0.1, 0.15) is 51.5 Å². The molecule has 6 nitrogen and oxygen atoms in total. The van der Waals surface area contributed by atoms with E-state index in [4.69, 9.17) is 0 Å². The maximum absolute atomic E-state index is 12.8. The quantitative estimate of drug-likeness (QED) is 0.895. The molecule has 1 aromatic heterocycles. The maximum atomic E-state index is 12.8. The number of nitrogens with zero attached hydrogens (tertiary/aromatic N) is 4. The fourth-order valence-corrected chi connectivity index (χ4v) is 4.53. The van der Waals surface area contributed by atoms with E-state index in [0.29, 0.717) is 13.0 Å². The van der Waals surface area contributed by atoms with E-state index in [1.54, 1.807) is 0 Å². The van der Waals surface area contributed by atoms with Gasteiger partial charge in [0.05, 0.1) is 6.10 Å². The zero-order chi connectivity index (χ0) is 18.4. The number of piperidine rings is 2. The molecule has 0 bridgehead atoms. The number of aliphatic hydroxyl groups is 1. The van der Waals surface area contributed by atoms with Gasteiger partial charge in [0.1, 0.15) is 0 Å².